The van der Waals surface area contributed by atoms with Gasteiger partial charge in [-0.25, -0.2) is 9.97 Å². The van der Waals surface area contributed by atoms with Crippen molar-refractivity contribution in [3.8, 4) is 50.3 Å². The number of aldehydes is 1. The summed E-state index contributed by atoms with van der Waals surface area (Å²) in [7, 11) is 0. The van der Waals surface area contributed by atoms with Gasteiger partial charge in [0.25, 0.3) is 0 Å². The Morgan fingerprint density at radius 3 is 1.14 bits per heavy atom. The number of aromatic hydroxyl groups is 1. The summed E-state index contributed by atoms with van der Waals surface area (Å²) in [5.41, 5.74) is 14.5. The number of hydrogen-bond donors (Lipinski definition) is 3. The van der Waals surface area contributed by atoms with E-state index >= 15 is 0 Å². The van der Waals surface area contributed by atoms with E-state index < -0.39 is 0 Å². The highest BCUT2D eigenvalue weighted by Gasteiger charge is 2.19. The number of benzene rings is 4. The average Bonchev–Trinajstić information content (AvgIpc) is 4.01. The summed E-state index contributed by atoms with van der Waals surface area (Å²) in [6, 6.07) is 44.3. The zero-order valence-corrected chi connectivity index (χ0v) is 27.3. The molecule has 51 heavy (non-hydrogen) atoms. The van der Waals surface area contributed by atoms with Crippen LogP contribution < -0.4 is 0 Å². The first-order valence-electron chi connectivity index (χ1n) is 16.8. The number of nitrogens with one attached hydrogen (secondary N) is 2. The molecule has 0 spiro atoms. The van der Waals surface area contributed by atoms with Gasteiger partial charge in [-0.15, -0.1) is 0 Å². The van der Waals surface area contributed by atoms with Crippen LogP contribution in [-0.4, -0.2) is 31.3 Å². The van der Waals surface area contributed by atoms with Crippen LogP contribution in [0.15, 0.2) is 133 Å². The molecular formula is C45H30N4O2. The molecule has 0 fully saturated rings. The molecule has 0 saturated carbocycles. The molecule has 3 aromatic heterocycles. The lowest BCUT2D eigenvalue weighted by molar-refractivity contribution is 0.112. The quantitative estimate of drug-likeness (QED) is 0.160. The molecule has 0 unspecified atom stereocenters. The molecule has 2 aliphatic rings. The summed E-state index contributed by atoms with van der Waals surface area (Å²) in [5.74, 6) is -0.0717. The molecule has 3 N–H and O–H groups in total. The monoisotopic (exact) mass is 658 g/mol. The molecule has 7 aromatic rings. The Kier molecular flexibility index (Phi) is 7.33. The fourth-order valence-electron chi connectivity index (χ4n) is 7.04. The number of fused-ring (bicyclic) bond motifs is 8. The SMILES string of the molecule is O=Cc1cc(-c2c3nc(c(-c4ccccc4)c4ccc([nH]4)c(-c4ccccc4)c4nc(c(-c5ccccc5)c5ccc2[nH]5)C=C4)C=C3)ccc1O. The van der Waals surface area contributed by atoms with E-state index in [9.17, 15) is 9.90 Å². The van der Waals surface area contributed by atoms with Gasteiger partial charge in [0.05, 0.1) is 28.3 Å². The minimum absolute atomic E-state index is 0.0717. The maximum Gasteiger partial charge on any atom is 0.153 e. The molecule has 8 bridgehead atoms. The first-order valence-corrected chi connectivity index (χ1v) is 16.8. The minimum atomic E-state index is -0.0717. The van der Waals surface area contributed by atoms with Crippen molar-refractivity contribution in [2.75, 3.05) is 0 Å². The number of aromatic nitrogens is 4. The van der Waals surface area contributed by atoms with Gasteiger partial charge in [-0.3, -0.25) is 4.79 Å². The van der Waals surface area contributed by atoms with Crippen molar-refractivity contribution in [1.29, 1.82) is 0 Å². The highest BCUT2D eigenvalue weighted by molar-refractivity contribution is 6.00. The predicted octanol–water partition coefficient (Wildman–Crippen LogP) is 10.8. The van der Waals surface area contributed by atoms with Gasteiger partial charge in [-0.05, 0) is 83.0 Å². The van der Waals surface area contributed by atoms with Gasteiger partial charge in [0, 0.05) is 44.3 Å². The van der Waals surface area contributed by atoms with Gasteiger partial charge in [-0.1, -0.05) is 97.1 Å². The first-order chi connectivity index (χ1) is 25.1. The predicted molar refractivity (Wildman–Crippen MR) is 208 cm³/mol. The summed E-state index contributed by atoms with van der Waals surface area (Å²) in [6.07, 6.45) is 8.89. The molecule has 0 amide bonds. The van der Waals surface area contributed by atoms with E-state index in [1.54, 1.807) is 12.1 Å². The molecule has 0 radical (unpaired) electrons. The molecule has 242 valence electrons. The van der Waals surface area contributed by atoms with E-state index in [1.807, 2.05) is 78.9 Å². The number of phenolic OH excluding ortho intramolecular Hbond substituents is 1. The maximum atomic E-state index is 12.0. The fraction of sp³-hybridized carbons (Fsp3) is 0. The van der Waals surface area contributed by atoms with Gasteiger partial charge >= 0.3 is 0 Å². The number of nitrogens with zero attached hydrogens (tertiary/aromatic N) is 2. The van der Waals surface area contributed by atoms with Gasteiger partial charge in [0.2, 0.25) is 0 Å². The molecule has 0 saturated heterocycles. The van der Waals surface area contributed by atoms with Crippen molar-refractivity contribution in [2.45, 2.75) is 0 Å². The lowest BCUT2D eigenvalue weighted by Gasteiger charge is -2.07. The molecule has 2 aliphatic heterocycles. The fourth-order valence-corrected chi connectivity index (χ4v) is 7.04. The Morgan fingerprint density at radius 1 is 0.431 bits per heavy atom. The topological polar surface area (TPSA) is 94.7 Å². The standard InChI is InChI=1S/C45H30N4O2/c50-27-32-26-31(16-25-41(32)51)45-39-23-21-37(48-39)43(29-12-6-2-7-13-29)35-19-17-33(46-35)42(28-10-4-1-5-11-28)34-18-20-36(47-34)44(30-14-8-3-9-15-30)38-22-24-40(45)49-38/h1-27,46,49,51H. The van der Waals surface area contributed by atoms with Gasteiger partial charge in [0.1, 0.15) is 5.75 Å². The van der Waals surface area contributed by atoms with Crippen molar-refractivity contribution in [3.05, 3.63) is 162 Å². The van der Waals surface area contributed by atoms with Crippen molar-refractivity contribution in [3.63, 3.8) is 0 Å². The largest absolute Gasteiger partial charge is 0.507 e. The van der Waals surface area contributed by atoms with E-state index in [1.165, 1.54) is 0 Å². The van der Waals surface area contributed by atoms with Crippen LogP contribution in [-0.2, 0) is 0 Å². The minimum Gasteiger partial charge on any atom is -0.507 e. The second-order valence-corrected chi connectivity index (χ2v) is 12.5. The van der Waals surface area contributed by atoms with Crippen LogP contribution in [0.3, 0.4) is 0 Å². The van der Waals surface area contributed by atoms with Crippen molar-refractivity contribution in [1.82, 2.24) is 19.9 Å². The first kappa shape index (κ1) is 30.0. The molecule has 6 heteroatoms. The average molecular weight is 659 g/mol. The molecule has 6 nitrogen and oxygen atoms in total. The third-order valence-corrected chi connectivity index (χ3v) is 9.38. The summed E-state index contributed by atoms with van der Waals surface area (Å²) < 4.78 is 0. The molecule has 4 aromatic carbocycles. The second-order valence-electron chi connectivity index (χ2n) is 12.5. The zero-order valence-electron chi connectivity index (χ0n) is 27.3. The van der Waals surface area contributed by atoms with E-state index in [0.717, 1.165) is 89.4 Å². The summed E-state index contributed by atoms with van der Waals surface area (Å²) in [6.45, 7) is 0. The smallest absolute Gasteiger partial charge is 0.153 e. The lowest BCUT2D eigenvalue weighted by Crippen LogP contribution is -1.90. The number of carbonyl (C=O) groups is 1. The Morgan fingerprint density at radius 2 is 0.784 bits per heavy atom. The number of H-pyrrole nitrogens is 2. The third-order valence-electron chi connectivity index (χ3n) is 9.38. The molecule has 5 heterocycles. The van der Waals surface area contributed by atoms with E-state index in [0.29, 0.717) is 6.29 Å². The molecular weight excluding hydrogens is 629 g/mol. The van der Waals surface area contributed by atoms with Crippen molar-refractivity contribution < 1.29 is 9.90 Å². The van der Waals surface area contributed by atoms with Crippen LogP contribution in [0.2, 0.25) is 0 Å². The number of rotatable bonds is 5. The Hall–Kier alpha value is -7.05. The van der Waals surface area contributed by atoms with Crippen LogP contribution >= 0.6 is 0 Å². The summed E-state index contributed by atoms with van der Waals surface area (Å²) in [5, 5.41) is 10.4. The maximum absolute atomic E-state index is 12.0. The summed E-state index contributed by atoms with van der Waals surface area (Å²) in [4.78, 5) is 30.0. The van der Waals surface area contributed by atoms with Crippen LogP contribution in [0, 0.1) is 0 Å². The molecule has 0 atom stereocenters. The van der Waals surface area contributed by atoms with Gasteiger partial charge in [0.15, 0.2) is 6.29 Å². The van der Waals surface area contributed by atoms with Crippen LogP contribution in [0.1, 0.15) is 33.1 Å². The van der Waals surface area contributed by atoms with Gasteiger partial charge in [-0.2, -0.15) is 0 Å². The van der Waals surface area contributed by atoms with Crippen LogP contribution in [0.4, 0.5) is 0 Å². The van der Waals surface area contributed by atoms with E-state index in [-0.39, 0.29) is 11.3 Å². The highest BCUT2D eigenvalue weighted by Crippen LogP contribution is 2.38. The number of aromatic amines is 2. The van der Waals surface area contributed by atoms with Crippen molar-refractivity contribution in [2.24, 2.45) is 0 Å². The Labute approximate surface area is 293 Å². The van der Waals surface area contributed by atoms with Crippen LogP contribution in [0.25, 0.3) is 90.9 Å². The number of phenols is 1. The Balaban J connectivity index is 1.48. The van der Waals surface area contributed by atoms with Gasteiger partial charge < -0.3 is 15.1 Å². The van der Waals surface area contributed by atoms with Crippen LogP contribution in [0.5, 0.6) is 5.75 Å². The number of carbonyl (C=O) groups excluding carboxylic acids is 1. The van der Waals surface area contributed by atoms with E-state index in [4.69, 9.17) is 9.97 Å². The summed E-state index contributed by atoms with van der Waals surface area (Å²) >= 11 is 0. The molecule has 0 aliphatic carbocycles. The highest BCUT2D eigenvalue weighted by atomic mass is 16.3. The normalized spacial score (nSPS) is 11.9. The Bertz CT molecular complexity index is 2670. The lowest BCUT2D eigenvalue weighted by atomic mass is 10.0. The van der Waals surface area contributed by atoms with E-state index in [2.05, 4.69) is 76.7 Å². The zero-order chi connectivity index (χ0) is 34.3. The van der Waals surface area contributed by atoms with Crippen molar-refractivity contribution >= 4 is 52.7 Å². The third kappa shape index (κ3) is 5.36. The number of hydrogen-bond acceptors (Lipinski definition) is 4. The second kappa shape index (κ2) is 12.4. The molecule has 9 rings (SSSR count).